The van der Waals surface area contributed by atoms with Gasteiger partial charge >= 0.3 is 0 Å². The van der Waals surface area contributed by atoms with Gasteiger partial charge in [0.2, 0.25) is 5.91 Å². The third-order valence-electron chi connectivity index (χ3n) is 3.30. The highest BCUT2D eigenvalue weighted by molar-refractivity contribution is 5.80. The monoisotopic (exact) mass is 262 g/mol. The summed E-state index contributed by atoms with van der Waals surface area (Å²) in [5, 5.41) is 3.20. The zero-order valence-corrected chi connectivity index (χ0v) is 11.6. The highest BCUT2D eigenvalue weighted by Crippen LogP contribution is 2.21. The highest BCUT2D eigenvalue weighted by atomic mass is 16.5. The first kappa shape index (κ1) is 13.9. The molecule has 3 N–H and O–H groups in total. The van der Waals surface area contributed by atoms with E-state index in [0.717, 1.165) is 18.6 Å². The molecule has 0 aliphatic heterocycles. The van der Waals surface area contributed by atoms with E-state index < -0.39 is 6.04 Å². The number of carbonyl (C=O) groups is 1. The number of nitrogens with two attached hydrogens (primary N) is 1. The average molecular weight is 262 g/mol. The van der Waals surface area contributed by atoms with Gasteiger partial charge in [0.25, 0.3) is 0 Å². The van der Waals surface area contributed by atoms with Gasteiger partial charge < -0.3 is 15.8 Å². The quantitative estimate of drug-likeness (QED) is 0.787. The van der Waals surface area contributed by atoms with Gasteiger partial charge in [0.05, 0.1) is 0 Å². The van der Waals surface area contributed by atoms with Crippen LogP contribution in [-0.2, 0) is 4.79 Å². The summed E-state index contributed by atoms with van der Waals surface area (Å²) in [6.45, 7) is 4.56. The molecular formula is C15H22N2O2. The van der Waals surface area contributed by atoms with E-state index in [1.54, 1.807) is 0 Å². The van der Waals surface area contributed by atoms with Gasteiger partial charge in [-0.15, -0.1) is 0 Å². The topological polar surface area (TPSA) is 64.3 Å². The van der Waals surface area contributed by atoms with Gasteiger partial charge in [-0.3, -0.25) is 4.79 Å². The Morgan fingerprint density at radius 2 is 2.21 bits per heavy atom. The second kappa shape index (κ2) is 6.06. The number of nitrogens with one attached hydrogen (secondary N) is 1. The summed E-state index contributed by atoms with van der Waals surface area (Å²) in [6.07, 6.45) is 2.24. The SMILES string of the molecule is CC(C)c1cccc(OCC(NC2CC2)C(N)=O)c1. The minimum atomic E-state index is -0.407. The van der Waals surface area contributed by atoms with Crippen LogP contribution in [0.5, 0.6) is 5.75 Å². The fourth-order valence-electron chi connectivity index (χ4n) is 1.89. The minimum absolute atomic E-state index is 0.285. The molecule has 0 saturated heterocycles. The predicted molar refractivity (Wildman–Crippen MR) is 75.2 cm³/mol. The van der Waals surface area contributed by atoms with Crippen LogP contribution in [0.3, 0.4) is 0 Å². The number of amides is 1. The van der Waals surface area contributed by atoms with E-state index in [2.05, 4.69) is 25.2 Å². The van der Waals surface area contributed by atoms with Crippen LogP contribution in [0.15, 0.2) is 24.3 Å². The van der Waals surface area contributed by atoms with Crippen LogP contribution < -0.4 is 15.8 Å². The van der Waals surface area contributed by atoms with E-state index in [4.69, 9.17) is 10.5 Å². The molecule has 1 unspecified atom stereocenters. The van der Waals surface area contributed by atoms with Crippen molar-refractivity contribution in [1.29, 1.82) is 0 Å². The lowest BCUT2D eigenvalue weighted by Gasteiger charge is -2.16. The molecule has 0 radical (unpaired) electrons. The number of hydrogen-bond donors (Lipinski definition) is 2. The second-order valence-electron chi connectivity index (χ2n) is 5.43. The number of primary amides is 1. The molecule has 0 aromatic heterocycles. The Hall–Kier alpha value is -1.55. The normalized spacial score (nSPS) is 16.4. The Morgan fingerprint density at radius 1 is 1.47 bits per heavy atom. The van der Waals surface area contributed by atoms with Crippen LogP contribution in [0.2, 0.25) is 0 Å². The first-order valence-corrected chi connectivity index (χ1v) is 6.84. The molecule has 4 nitrogen and oxygen atoms in total. The maximum Gasteiger partial charge on any atom is 0.238 e. The number of rotatable bonds is 7. The molecule has 1 aromatic carbocycles. The Kier molecular flexibility index (Phi) is 4.43. The summed E-state index contributed by atoms with van der Waals surface area (Å²) < 4.78 is 5.69. The van der Waals surface area contributed by atoms with Crippen molar-refractivity contribution in [2.75, 3.05) is 6.61 Å². The van der Waals surface area contributed by atoms with Crippen molar-refractivity contribution >= 4 is 5.91 Å². The first-order chi connectivity index (χ1) is 9.06. The van der Waals surface area contributed by atoms with Crippen molar-refractivity contribution in [3.63, 3.8) is 0 Å². The number of carbonyl (C=O) groups excluding carboxylic acids is 1. The Labute approximate surface area is 114 Å². The van der Waals surface area contributed by atoms with Crippen molar-refractivity contribution < 1.29 is 9.53 Å². The molecule has 0 heterocycles. The third-order valence-corrected chi connectivity index (χ3v) is 3.30. The van der Waals surface area contributed by atoms with Crippen molar-refractivity contribution in [2.24, 2.45) is 5.73 Å². The summed E-state index contributed by atoms with van der Waals surface area (Å²) >= 11 is 0. The first-order valence-electron chi connectivity index (χ1n) is 6.84. The Morgan fingerprint density at radius 3 is 2.79 bits per heavy atom. The fraction of sp³-hybridized carbons (Fsp3) is 0.533. The highest BCUT2D eigenvalue weighted by Gasteiger charge is 2.27. The fourth-order valence-corrected chi connectivity index (χ4v) is 1.89. The van der Waals surface area contributed by atoms with Crippen molar-refractivity contribution in [2.45, 2.75) is 44.7 Å². The largest absolute Gasteiger partial charge is 0.491 e. The van der Waals surface area contributed by atoms with Crippen molar-refractivity contribution in [1.82, 2.24) is 5.32 Å². The zero-order valence-electron chi connectivity index (χ0n) is 11.6. The van der Waals surface area contributed by atoms with Crippen LogP contribution in [-0.4, -0.2) is 24.6 Å². The summed E-state index contributed by atoms with van der Waals surface area (Å²) in [7, 11) is 0. The maximum absolute atomic E-state index is 11.3. The molecule has 0 bridgehead atoms. The van der Waals surface area contributed by atoms with Gasteiger partial charge in [-0.25, -0.2) is 0 Å². The molecule has 0 spiro atoms. The van der Waals surface area contributed by atoms with Crippen LogP contribution >= 0.6 is 0 Å². The van der Waals surface area contributed by atoms with Gasteiger partial charge in [-0.05, 0) is 36.5 Å². The summed E-state index contributed by atoms with van der Waals surface area (Å²) in [6, 6.07) is 7.99. The zero-order chi connectivity index (χ0) is 13.8. The number of benzene rings is 1. The molecule has 1 fully saturated rings. The molecular weight excluding hydrogens is 240 g/mol. The molecule has 4 heteroatoms. The van der Waals surface area contributed by atoms with Crippen LogP contribution in [0, 0.1) is 0 Å². The van der Waals surface area contributed by atoms with Gasteiger partial charge in [-0.2, -0.15) is 0 Å². The van der Waals surface area contributed by atoms with E-state index >= 15 is 0 Å². The summed E-state index contributed by atoms with van der Waals surface area (Å²) in [5.41, 5.74) is 6.60. The van der Waals surface area contributed by atoms with E-state index in [0.29, 0.717) is 12.0 Å². The second-order valence-corrected chi connectivity index (χ2v) is 5.43. The Bertz CT molecular complexity index is 442. The molecule has 1 atom stereocenters. The van der Waals surface area contributed by atoms with Crippen LogP contribution in [0.25, 0.3) is 0 Å². The third kappa shape index (κ3) is 4.24. The van der Waals surface area contributed by atoms with Crippen LogP contribution in [0.4, 0.5) is 0 Å². The molecule has 1 aliphatic carbocycles. The van der Waals surface area contributed by atoms with Gasteiger partial charge in [-0.1, -0.05) is 26.0 Å². The standard InChI is InChI=1S/C15H22N2O2/c1-10(2)11-4-3-5-13(8-11)19-9-14(15(16)18)17-12-6-7-12/h3-5,8,10,12,14,17H,6-7,9H2,1-2H3,(H2,16,18). The Balaban J connectivity index is 1.92. The van der Waals surface area contributed by atoms with Gasteiger partial charge in [0.15, 0.2) is 0 Å². The number of ether oxygens (including phenoxy) is 1. The average Bonchev–Trinajstić information content (AvgIpc) is 3.18. The van der Waals surface area contributed by atoms with E-state index in [1.807, 2.05) is 18.2 Å². The molecule has 104 valence electrons. The smallest absolute Gasteiger partial charge is 0.238 e. The van der Waals surface area contributed by atoms with E-state index in [1.165, 1.54) is 5.56 Å². The lowest BCUT2D eigenvalue weighted by Crippen LogP contribution is -2.46. The maximum atomic E-state index is 11.3. The number of hydrogen-bond acceptors (Lipinski definition) is 3. The summed E-state index contributed by atoms with van der Waals surface area (Å²) in [5.74, 6) is 0.891. The molecule has 1 aromatic rings. The van der Waals surface area contributed by atoms with Crippen molar-refractivity contribution in [3.05, 3.63) is 29.8 Å². The summed E-state index contributed by atoms with van der Waals surface area (Å²) in [4.78, 5) is 11.3. The predicted octanol–water partition coefficient (Wildman–Crippen LogP) is 1.79. The lowest BCUT2D eigenvalue weighted by molar-refractivity contribution is -0.120. The minimum Gasteiger partial charge on any atom is -0.491 e. The van der Waals surface area contributed by atoms with Gasteiger partial charge in [0.1, 0.15) is 18.4 Å². The lowest BCUT2D eigenvalue weighted by atomic mass is 10.0. The van der Waals surface area contributed by atoms with Crippen LogP contribution in [0.1, 0.15) is 38.2 Å². The van der Waals surface area contributed by atoms with Crippen molar-refractivity contribution in [3.8, 4) is 5.75 Å². The molecule has 19 heavy (non-hydrogen) atoms. The molecule has 1 amide bonds. The molecule has 1 aliphatic rings. The van der Waals surface area contributed by atoms with E-state index in [-0.39, 0.29) is 12.5 Å². The van der Waals surface area contributed by atoms with E-state index in [9.17, 15) is 4.79 Å². The van der Waals surface area contributed by atoms with Gasteiger partial charge in [0, 0.05) is 6.04 Å². The molecule has 2 rings (SSSR count). The molecule has 1 saturated carbocycles.